The number of rotatable bonds is 5. The molecule has 0 aliphatic heterocycles. The van der Waals surface area contributed by atoms with Gasteiger partial charge < -0.3 is 14.4 Å². The maximum atomic E-state index is 10.7. The second-order valence-electron chi connectivity index (χ2n) is 11.4. The van der Waals surface area contributed by atoms with Gasteiger partial charge in [-0.15, -0.1) is 0 Å². The lowest BCUT2D eigenvalue weighted by Crippen LogP contribution is -2.19. The summed E-state index contributed by atoms with van der Waals surface area (Å²) in [6.45, 7) is 3.99. The van der Waals surface area contributed by atoms with Crippen molar-refractivity contribution in [2.75, 3.05) is 0 Å². The van der Waals surface area contributed by atoms with Crippen LogP contribution < -0.4 is 4.74 Å². The Kier molecular flexibility index (Phi) is 6.39. The van der Waals surface area contributed by atoms with E-state index in [0.29, 0.717) is 11.7 Å². The third kappa shape index (κ3) is 4.39. The maximum absolute atomic E-state index is 10.7. The molecule has 2 aromatic heterocycles. The van der Waals surface area contributed by atoms with E-state index in [-0.39, 0.29) is 12.0 Å². The first-order chi connectivity index (χ1) is 19.6. The molecule has 0 bridgehead atoms. The van der Waals surface area contributed by atoms with Gasteiger partial charge in [-0.25, -0.2) is 4.98 Å². The molecule has 3 aliphatic rings. The number of aromatic nitrogens is 3. The number of fused-ring (bicyclic) bond motifs is 5. The van der Waals surface area contributed by atoms with Crippen LogP contribution in [0.1, 0.15) is 62.4 Å². The van der Waals surface area contributed by atoms with Gasteiger partial charge in [-0.3, -0.25) is 0 Å². The zero-order chi connectivity index (χ0) is 27.2. The zero-order valence-corrected chi connectivity index (χ0v) is 23.2. The predicted molar refractivity (Wildman–Crippen MR) is 163 cm³/mol. The van der Waals surface area contributed by atoms with Crippen molar-refractivity contribution in [3.8, 4) is 17.1 Å². The van der Waals surface area contributed by atoms with E-state index >= 15 is 0 Å². The molecule has 1 N–H and O–H groups in total. The van der Waals surface area contributed by atoms with Crippen LogP contribution in [0.4, 0.5) is 0 Å². The van der Waals surface area contributed by atoms with Gasteiger partial charge in [0.15, 0.2) is 0 Å². The average Bonchev–Trinajstić information content (AvgIpc) is 3.31. The topological polar surface area (TPSA) is 60.2 Å². The number of allylic oxidation sites excluding steroid dienone is 6. The van der Waals surface area contributed by atoms with Crippen LogP contribution in [-0.2, 0) is 12.8 Å². The number of aliphatic hydroxyl groups excluding tert-OH is 1. The predicted octanol–water partition coefficient (Wildman–Crippen LogP) is 7.68. The molecule has 0 saturated heterocycles. The second-order valence-corrected chi connectivity index (χ2v) is 11.4. The van der Waals surface area contributed by atoms with Gasteiger partial charge in [0.2, 0.25) is 5.88 Å². The Hall–Kier alpha value is -3.96. The minimum absolute atomic E-state index is 0.0233. The second kappa shape index (κ2) is 10.2. The molecule has 0 fully saturated rings. The monoisotopic (exact) mass is 529 g/mol. The third-order valence-electron chi connectivity index (χ3n) is 8.31. The molecule has 2 heterocycles. The van der Waals surface area contributed by atoms with Crippen LogP contribution in [0.15, 0.2) is 78.9 Å². The van der Waals surface area contributed by atoms with Crippen LogP contribution in [0.2, 0.25) is 0 Å². The summed E-state index contributed by atoms with van der Waals surface area (Å²) in [5.41, 5.74) is 8.67. The Balaban J connectivity index is 1.45. The summed E-state index contributed by atoms with van der Waals surface area (Å²) in [5, 5.41) is 13.4. The normalized spacial score (nSPS) is 20.4. The molecule has 5 heteroatoms. The molecule has 202 valence electrons. The molecule has 0 saturated carbocycles. The van der Waals surface area contributed by atoms with Gasteiger partial charge in [-0.2, -0.15) is 4.98 Å². The molecular formula is C35H35N3O2. The van der Waals surface area contributed by atoms with Crippen molar-refractivity contribution < 1.29 is 9.84 Å². The van der Waals surface area contributed by atoms with Gasteiger partial charge in [-0.05, 0) is 81.7 Å². The van der Waals surface area contributed by atoms with E-state index in [4.69, 9.17) is 14.7 Å². The minimum atomic E-state index is -0.672. The average molecular weight is 530 g/mol. The van der Waals surface area contributed by atoms with Gasteiger partial charge in [0.1, 0.15) is 5.82 Å². The van der Waals surface area contributed by atoms with Crippen molar-refractivity contribution in [1.29, 1.82) is 0 Å². The van der Waals surface area contributed by atoms with E-state index < -0.39 is 6.10 Å². The lowest BCUT2D eigenvalue weighted by molar-refractivity contribution is 0.199. The number of nitrogens with zero attached hydrogens (tertiary/aromatic N) is 3. The summed E-state index contributed by atoms with van der Waals surface area (Å²) in [7, 11) is 0. The van der Waals surface area contributed by atoms with Gasteiger partial charge in [-0.1, -0.05) is 54.7 Å². The van der Waals surface area contributed by atoms with Crippen molar-refractivity contribution in [1.82, 2.24) is 14.5 Å². The van der Waals surface area contributed by atoms with Crippen molar-refractivity contribution in [2.24, 2.45) is 0 Å². The van der Waals surface area contributed by atoms with Crippen LogP contribution in [0.25, 0.3) is 38.8 Å². The highest BCUT2D eigenvalue weighted by molar-refractivity contribution is 6.13. The summed E-state index contributed by atoms with van der Waals surface area (Å²) in [6, 6.07) is 13.4. The number of hydrogen-bond acceptors (Lipinski definition) is 4. The van der Waals surface area contributed by atoms with Crippen LogP contribution in [0.5, 0.6) is 5.88 Å². The van der Waals surface area contributed by atoms with Gasteiger partial charge in [0, 0.05) is 28.1 Å². The molecule has 0 amide bonds. The highest BCUT2D eigenvalue weighted by Gasteiger charge is 2.24. The molecule has 0 spiro atoms. The fourth-order valence-corrected chi connectivity index (χ4v) is 6.48. The highest BCUT2D eigenvalue weighted by atomic mass is 16.5. The Morgan fingerprint density at radius 2 is 1.80 bits per heavy atom. The first-order valence-electron chi connectivity index (χ1n) is 14.6. The number of hydrogen-bond donors (Lipinski definition) is 1. The lowest BCUT2D eigenvalue weighted by atomic mass is 9.88. The molecule has 7 rings (SSSR count). The summed E-state index contributed by atoms with van der Waals surface area (Å²) in [6.07, 6.45) is 20.4. The lowest BCUT2D eigenvalue weighted by Gasteiger charge is -2.20. The third-order valence-corrected chi connectivity index (χ3v) is 8.31. The molecule has 3 aliphatic carbocycles. The van der Waals surface area contributed by atoms with Crippen molar-refractivity contribution in [3.63, 3.8) is 0 Å². The molecule has 2 unspecified atom stereocenters. The van der Waals surface area contributed by atoms with E-state index in [1.807, 2.05) is 38.1 Å². The maximum Gasteiger partial charge on any atom is 0.217 e. The Bertz CT molecular complexity index is 1740. The molecular weight excluding hydrogens is 494 g/mol. The fraction of sp³-hybridized carbons (Fsp3) is 0.314. The summed E-state index contributed by atoms with van der Waals surface area (Å²) >= 11 is 0. The zero-order valence-electron chi connectivity index (χ0n) is 23.2. The van der Waals surface area contributed by atoms with E-state index in [0.717, 1.165) is 30.5 Å². The Labute approximate surface area is 235 Å². The number of benzene rings is 2. The number of aliphatic hydroxyl groups is 1. The quantitative estimate of drug-likeness (QED) is 0.288. The van der Waals surface area contributed by atoms with Crippen LogP contribution in [0.3, 0.4) is 0 Å². The summed E-state index contributed by atoms with van der Waals surface area (Å²) < 4.78 is 8.53. The first kappa shape index (κ1) is 25.0. The fourth-order valence-electron chi connectivity index (χ4n) is 6.48. The summed E-state index contributed by atoms with van der Waals surface area (Å²) in [5.74, 6) is 0.774. The van der Waals surface area contributed by atoms with Crippen molar-refractivity contribution in [3.05, 3.63) is 95.9 Å². The molecule has 2 aromatic carbocycles. The van der Waals surface area contributed by atoms with Crippen molar-refractivity contribution in [2.45, 2.75) is 70.5 Å². The standard InChI is InChI=1S/C35H35N3O2/c1-22(2)40-33-21-29(36-35(37-33)28-14-8-9-15-32(28)39)24-16-18-27-31(20-24)38(25-11-4-3-5-12-25)30-19-17-23-10-6-7-13-26(23)34(27)30/h3-4,8-9,11,14-22,28,32,39H,5-7,10,12-13H2,1-2H3. The Morgan fingerprint density at radius 3 is 2.62 bits per heavy atom. The first-order valence-corrected chi connectivity index (χ1v) is 14.6. The van der Waals surface area contributed by atoms with E-state index in [1.165, 1.54) is 57.9 Å². The van der Waals surface area contributed by atoms with E-state index in [9.17, 15) is 5.11 Å². The van der Waals surface area contributed by atoms with Crippen LogP contribution in [0, 0.1) is 0 Å². The Morgan fingerprint density at radius 1 is 0.925 bits per heavy atom. The SMILES string of the molecule is CC(C)Oc1cc(-c2ccc3c4c5c(ccc4n(C4=CC=CCC4)c3c2)CCCC5)nc(C2C=CC=CC2O)n1. The summed E-state index contributed by atoms with van der Waals surface area (Å²) in [4.78, 5) is 9.70. The molecule has 40 heavy (non-hydrogen) atoms. The minimum Gasteiger partial charge on any atom is -0.475 e. The molecule has 0 radical (unpaired) electrons. The van der Waals surface area contributed by atoms with Gasteiger partial charge in [0.05, 0.1) is 34.9 Å². The number of ether oxygens (including phenoxy) is 1. The smallest absolute Gasteiger partial charge is 0.217 e. The number of aryl methyl sites for hydroxylation is 2. The molecule has 2 atom stereocenters. The highest BCUT2D eigenvalue weighted by Crippen LogP contribution is 2.41. The molecule has 5 nitrogen and oxygen atoms in total. The van der Waals surface area contributed by atoms with Crippen molar-refractivity contribution >= 4 is 27.5 Å². The van der Waals surface area contributed by atoms with E-state index in [2.05, 4.69) is 53.1 Å². The van der Waals surface area contributed by atoms with E-state index in [1.54, 1.807) is 6.08 Å². The van der Waals surface area contributed by atoms with Crippen LogP contribution in [-0.4, -0.2) is 31.8 Å². The van der Waals surface area contributed by atoms with Gasteiger partial charge in [0.25, 0.3) is 0 Å². The molecule has 4 aromatic rings. The van der Waals surface area contributed by atoms with Crippen LogP contribution >= 0.6 is 0 Å². The van der Waals surface area contributed by atoms with Gasteiger partial charge >= 0.3 is 0 Å². The largest absolute Gasteiger partial charge is 0.475 e.